The summed E-state index contributed by atoms with van der Waals surface area (Å²) < 4.78 is 0. The number of aryl methyl sites for hydroxylation is 1. The van der Waals surface area contributed by atoms with Crippen molar-refractivity contribution in [2.75, 3.05) is 0 Å². The fourth-order valence-corrected chi connectivity index (χ4v) is 4.54. The molecule has 0 saturated heterocycles. The SMILES string of the molecule is CCC1C(=O)C(c2ccc(C3CC3)cc2C2CC2)=Cc2cc(C)ccc21. The molecule has 1 nitrogen and oxygen atoms in total. The smallest absolute Gasteiger partial charge is 0.170 e. The van der Waals surface area contributed by atoms with Crippen LogP contribution in [0, 0.1) is 6.92 Å². The third kappa shape index (κ3) is 2.65. The monoisotopic (exact) mass is 342 g/mol. The molecule has 132 valence electrons. The van der Waals surface area contributed by atoms with Crippen molar-refractivity contribution >= 4 is 17.4 Å². The van der Waals surface area contributed by atoms with Gasteiger partial charge in [0.2, 0.25) is 0 Å². The zero-order valence-electron chi connectivity index (χ0n) is 15.7. The van der Waals surface area contributed by atoms with Crippen molar-refractivity contribution in [3.8, 4) is 0 Å². The maximum Gasteiger partial charge on any atom is 0.170 e. The Labute approximate surface area is 156 Å². The van der Waals surface area contributed by atoms with E-state index in [1.807, 2.05) is 0 Å². The second-order valence-corrected chi connectivity index (χ2v) is 8.41. The van der Waals surface area contributed by atoms with Crippen LogP contribution in [0.15, 0.2) is 36.4 Å². The lowest BCUT2D eigenvalue weighted by molar-refractivity contribution is -0.115. The van der Waals surface area contributed by atoms with E-state index in [1.165, 1.54) is 59.1 Å². The Bertz CT molecular complexity index is 925. The van der Waals surface area contributed by atoms with Crippen molar-refractivity contribution in [2.24, 2.45) is 0 Å². The third-order valence-corrected chi connectivity index (χ3v) is 6.34. The lowest BCUT2D eigenvalue weighted by Crippen LogP contribution is -2.19. The van der Waals surface area contributed by atoms with E-state index in [0.29, 0.717) is 11.7 Å². The predicted molar refractivity (Wildman–Crippen MR) is 107 cm³/mol. The molecule has 2 fully saturated rings. The minimum atomic E-state index is 0.000705. The number of rotatable bonds is 4. The van der Waals surface area contributed by atoms with Crippen molar-refractivity contribution in [3.63, 3.8) is 0 Å². The van der Waals surface area contributed by atoms with Crippen LogP contribution in [0.4, 0.5) is 0 Å². The van der Waals surface area contributed by atoms with Gasteiger partial charge in [-0.25, -0.2) is 0 Å². The zero-order valence-corrected chi connectivity index (χ0v) is 15.7. The Balaban J connectivity index is 1.66. The van der Waals surface area contributed by atoms with Crippen LogP contribution in [0.25, 0.3) is 11.6 Å². The number of Topliss-reactive ketones (excluding diaryl/α,β-unsaturated/α-hetero) is 1. The van der Waals surface area contributed by atoms with E-state index >= 15 is 0 Å². The number of benzene rings is 2. The summed E-state index contributed by atoms with van der Waals surface area (Å²) in [5.41, 5.74) is 8.76. The maximum atomic E-state index is 13.4. The van der Waals surface area contributed by atoms with Crippen molar-refractivity contribution in [1.29, 1.82) is 0 Å². The average molecular weight is 342 g/mol. The van der Waals surface area contributed by atoms with Crippen LogP contribution in [0.1, 0.15) is 90.2 Å². The molecule has 0 aromatic heterocycles. The molecule has 0 aliphatic heterocycles. The van der Waals surface area contributed by atoms with Crippen molar-refractivity contribution in [1.82, 2.24) is 0 Å². The molecule has 5 rings (SSSR count). The Kier molecular flexibility index (Phi) is 3.67. The van der Waals surface area contributed by atoms with Crippen molar-refractivity contribution in [3.05, 3.63) is 69.8 Å². The molecule has 1 heteroatoms. The van der Waals surface area contributed by atoms with Gasteiger partial charge in [0.1, 0.15) is 0 Å². The van der Waals surface area contributed by atoms with Crippen LogP contribution >= 0.6 is 0 Å². The number of fused-ring (bicyclic) bond motifs is 1. The van der Waals surface area contributed by atoms with Crippen LogP contribution < -0.4 is 0 Å². The molecule has 3 aliphatic carbocycles. The molecule has 0 amide bonds. The highest BCUT2D eigenvalue weighted by atomic mass is 16.1. The molecular formula is C25H26O. The Hall–Kier alpha value is -2.15. The summed E-state index contributed by atoms with van der Waals surface area (Å²) in [4.78, 5) is 13.4. The molecule has 2 aromatic rings. The first-order valence-corrected chi connectivity index (χ1v) is 10.2. The predicted octanol–water partition coefficient (Wildman–Crippen LogP) is 6.37. The highest BCUT2D eigenvalue weighted by Crippen LogP contribution is 2.48. The van der Waals surface area contributed by atoms with Crippen LogP contribution in [0.2, 0.25) is 0 Å². The third-order valence-electron chi connectivity index (χ3n) is 6.34. The fraction of sp³-hybridized carbons (Fsp3) is 0.400. The Morgan fingerprint density at radius 1 is 0.923 bits per heavy atom. The van der Waals surface area contributed by atoms with Gasteiger partial charge in [-0.2, -0.15) is 0 Å². The van der Waals surface area contributed by atoms with Gasteiger partial charge >= 0.3 is 0 Å². The average Bonchev–Trinajstić information content (AvgIpc) is 3.54. The molecule has 0 spiro atoms. The standard InChI is InChI=1S/C25H26O/c1-3-20-21-10-4-15(2)12-19(21)14-24(25(20)26)22-11-9-18(16-5-6-16)13-23(22)17-7-8-17/h4,9-14,16-17,20H,3,5-8H2,1-2H3. The number of hydrogen-bond acceptors (Lipinski definition) is 1. The molecule has 0 bridgehead atoms. The molecule has 1 unspecified atom stereocenters. The van der Waals surface area contributed by atoms with Crippen molar-refractivity contribution < 1.29 is 4.79 Å². The van der Waals surface area contributed by atoms with Gasteiger partial charge in [-0.3, -0.25) is 4.79 Å². The topological polar surface area (TPSA) is 17.1 Å². The number of carbonyl (C=O) groups is 1. The van der Waals surface area contributed by atoms with Gasteiger partial charge in [-0.05, 0) is 84.8 Å². The first-order valence-electron chi connectivity index (χ1n) is 10.2. The number of hydrogen-bond donors (Lipinski definition) is 0. The zero-order chi connectivity index (χ0) is 17.8. The van der Waals surface area contributed by atoms with E-state index in [-0.39, 0.29) is 5.92 Å². The van der Waals surface area contributed by atoms with E-state index in [4.69, 9.17) is 0 Å². The molecule has 0 heterocycles. The quantitative estimate of drug-likeness (QED) is 0.631. The minimum Gasteiger partial charge on any atom is -0.293 e. The molecule has 3 aliphatic rings. The van der Waals surface area contributed by atoms with Crippen LogP contribution in [0.3, 0.4) is 0 Å². The molecule has 0 radical (unpaired) electrons. The summed E-state index contributed by atoms with van der Waals surface area (Å²) in [5.74, 6) is 1.74. The first kappa shape index (κ1) is 16.1. The van der Waals surface area contributed by atoms with Gasteiger partial charge < -0.3 is 0 Å². The number of carbonyl (C=O) groups excluding carboxylic acids is 1. The van der Waals surface area contributed by atoms with E-state index in [2.05, 4.69) is 56.3 Å². The minimum absolute atomic E-state index is 0.000705. The summed E-state index contributed by atoms with van der Waals surface area (Å²) in [5, 5.41) is 0. The molecule has 0 N–H and O–H groups in total. The van der Waals surface area contributed by atoms with Gasteiger partial charge in [-0.15, -0.1) is 0 Å². The molecule has 2 saturated carbocycles. The second-order valence-electron chi connectivity index (χ2n) is 8.41. The summed E-state index contributed by atoms with van der Waals surface area (Å²) in [7, 11) is 0. The maximum absolute atomic E-state index is 13.4. The molecule has 26 heavy (non-hydrogen) atoms. The van der Waals surface area contributed by atoms with Gasteiger partial charge in [-0.1, -0.05) is 48.9 Å². The highest BCUT2D eigenvalue weighted by Gasteiger charge is 2.34. The highest BCUT2D eigenvalue weighted by molar-refractivity contribution is 6.29. The fourth-order valence-electron chi connectivity index (χ4n) is 4.54. The molecule has 2 aromatic carbocycles. The van der Waals surface area contributed by atoms with Gasteiger partial charge in [0.15, 0.2) is 5.78 Å². The number of ketones is 1. The Morgan fingerprint density at radius 2 is 1.69 bits per heavy atom. The van der Waals surface area contributed by atoms with Gasteiger partial charge in [0, 0.05) is 11.5 Å². The van der Waals surface area contributed by atoms with Gasteiger partial charge in [0.25, 0.3) is 0 Å². The van der Waals surface area contributed by atoms with E-state index in [1.54, 1.807) is 0 Å². The van der Waals surface area contributed by atoms with Crippen molar-refractivity contribution in [2.45, 2.75) is 63.7 Å². The number of allylic oxidation sites excluding steroid dienone is 1. The van der Waals surface area contributed by atoms with E-state index in [9.17, 15) is 4.79 Å². The van der Waals surface area contributed by atoms with Crippen LogP contribution in [-0.4, -0.2) is 5.78 Å². The lowest BCUT2D eigenvalue weighted by atomic mass is 9.77. The Morgan fingerprint density at radius 3 is 2.38 bits per heavy atom. The largest absolute Gasteiger partial charge is 0.293 e. The van der Waals surface area contributed by atoms with Gasteiger partial charge in [0.05, 0.1) is 0 Å². The summed E-state index contributed by atoms with van der Waals surface area (Å²) in [6, 6.07) is 13.5. The summed E-state index contributed by atoms with van der Waals surface area (Å²) in [6.45, 7) is 4.26. The molecule has 1 atom stereocenters. The molecular weight excluding hydrogens is 316 g/mol. The van der Waals surface area contributed by atoms with E-state index in [0.717, 1.165) is 17.9 Å². The van der Waals surface area contributed by atoms with Crippen LogP contribution in [-0.2, 0) is 4.79 Å². The van der Waals surface area contributed by atoms with Crippen LogP contribution in [0.5, 0.6) is 0 Å². The normalized spacial score (nSPS) is 22.2. The lowest BCUT2D eigenvalue weighted by Gasteiger charge is -2.25. The summed E-state index contributed by atoms with van der Waals surface area (Å²) in [6.07, 6.45) is 8.23. The first-order chi connectivity index (χ1) is 12.7. The second kappa shape index (κ2) is 5.94. The van der Waals surface area contributed by atoms with E-state index < -0.39 is 0 Å². The summed E-state index contributed by atoms with van der Waals surface area (Å²) >= 11 is 0.